The highest BCUT2D eigenvalue weighted by Gasteiger charge is 2.31. The van der Waals surface area contributed by atoms with Crippen molar-refractivity contribution in [1.82, 2.24) is 4.57 Å². The van der Waals surface area contributed by atoms with Crippen LogP contribution in [0.25, 0.3) is 0 Å². The second-order valence-corrected chi connectivity index (χ2v) is 7.12. The van der Waals surface area contributed by atoms with E-state index in [2.05, 4.69) is 6.07 Å². The molecule has 28 heavy (non-hydrogen) atoms. The summed E-state index contributed by atoms with van der Waals surface area (Å²) in [6, 6.07) is 24.9. The highest BCUT2D eigenvalue weighted by atomic mass is 32.2. The van der Waals surface area contributed by atoms with Crippen LogP contribution in [0.1, 0.15) is 16.1 Å². The molecule has 1 aliphatic heterocycles. The van der Waals surface area contributed by atoms with Crippen molar-refractivity contribution in [3.63, 3.8) is 0 Å². The topological polar surface area (TPSA) is 61.4 Å². The number of hydrazone groups is 1. The van der Waals surface area contributed by atoms with Crippen LogP contribution in [-0.2, 0) is 7.05 Å². The number of hydrogen-bond donors (Lipinski definition) is 0. The summed E-state index contributed by atoms with van der Waals surface area (Å²) in [6.45, 7) is 0. The number of anilines is 1. The van der Waals surface area contributed by atoms with Gasteiger partial charge >= 0.3 is 0 Å². The number of aryl methyl sites for hydroxylation is 1. The van der Waals surface area contributed by atoms with E-state index in [1.165, 1.54) is 11.8 Å². The van der Waals surface area contributed by atoms with Gasteiger partial charge in [-0.25, -0.2) is 5.01 Å². The maximum atomic E-state index is 13.1. The number of thioether (sulfide) groups is 1. The second-order valence-electron chi connectivity index (χ2n) is 6.15. The largest absolute Gasteiger partial charge is 0.348 e. The number of nitriles is 1. The Bertz CT molecular complexity index is 1120. The van der Waals surface area contributed by atoms with Gasteiger partial charge in [0, 0.05) is 18.8 Å². The number of aromatic nitrogens is 1. The third-order valence-corrected chi connectivity index (χ3v) is 5.41. The molecule has 5 nitrogen and oxygen atoms in total. The van der Waals surface area contributed by atoms with Crippen LogP contribution in [0.2, 0.25) is 0 Å². The van der Waals surface area contributed by atoms with Gasteiger partial charge in [0.25, 0.3) is 0 Å². The summed E-state index contributed by atoms with van der Waals surface area (Å²) in [6.07, 6.45) is 1.79. The normalized spacial score (nSPS) is 15.1. The fourth-order valence-corrected chi connectivity index (χ4v) is 3.94. The summed E-state index contributed by atoms with van der Waals surface area (Å²) >= 11 is 1.33. The van der Waals surface area contributed by atoms with Crippen molar-refractivity contribution >= 4 is 28.3 Å². The Hall–Kier alpha value is -3.56. The number of rotatable bonds is 4. The fourth-order valence-electron chi connectivity index (χ4n) is 2.91. The van der Waals surface area contributed by atoms with Crippen LogP contribution in [0.15, 0.2) is 94.7 Å². The van der Waals surface area contributed by atoms with E-state index in [0.717, 1.165) is 16.3 Å². The highest BCUT2D eigenvalue weighted by molar-refractivity contribution is 8.18. The zero-order valence-electron chi connectivity index (χ0n) is 15.1. The van der Waals surface area contributed by atoms with Gasteiger partial charge in [0.15, 0.2) is 0 Å². The lowest BCUT2D eigenvalue weighted by Gasteiger charge is -2.16. The van der Waals surface area contributed by atoms with Crippen molar-refractivity contribution in [1.29, 1.82) is 5.26 Å². The summed E-state index contributed by atoms with van der Waals surface area (Å²) in [4.78, 5) is 13.1. The minimum absolute atomic E-state index is 0.0744. The van der Waals surface area contributed by atoms with Gasteiger partial charge < -0.3 is 4.57 Å². The fraction of sp³-hybridized carbons (Fsp3) is 0.0455. The third kappa shape index (κ3) is 3.24. The Morgan fingerprint density at radius 2 is 1.68 bits per heavy atom. The first-order valence-corrected chi connectivity index (χ1v) is 9.48. The SMILES string of the molecule is Cn1cccc1C(=O)/C(C#N)=C1/SC(c2ccccc2)=NN1c1ccccc1. The number of para-hydroxylation sites is 1. The number of allylic oxidation sites excluding steroid dienone is 1. The standard InChI is InChI=1S/C22H16N4OS/c1-25-14-8-13-19(25)20(27)18(15-23)22-26(17-11-6-3-7-12-17)24-21(28-22)16-9-4-2-5-10-16/h2-14H,1H3/b22-18+. The van der Waals surface area contributed by atoms with Gasteiger partial charge in [-0.3, -0.25) is 4.79 Å². The van der Waals surface area contributed by atoms with E-state index < -0.39 is 0 Å². The van der Waals surface area contributed by atoms with Crippen molar-refractivity contribution in [2.75, 3.05) is 5.01 Å². The van der Waals surface area contributed by atoms with E-state index in [0.29, 0.717) is 10.7 Å². The molecule has 0 atom stereocenters. The molecule has 0 aliphatic carbocycles. The molecule has 0 saturated carbocycles. The number of hydrogen-bond acceptors (Lipinski definition) is 5. The molecule has 0 unspecified atom stereocenters. The molecule has 0 spiro atoms. The van der Waals surface area contributed by atoms with Crippen LogP contribution < -0.4 is 5.01 Å². The molecule has 4 rings (SSSR count). The first-order valence-electron chi connectivity index (χ1n) is 8.66. The van der Waals surface area contributed by atoms with E-state index in [4.69, 9.17) is 5.10 Å². The molecule has 0 bridgehead atoms. The maximum Gasteiger partial charge on any atom is 0.222 e. The first kappa shape index (κ1) is 17.8. The highest BCUT2D eigenvalue weighted by Crippen LogP contribution is 2.39. The van der Waals surface area contributed by atoms with Gasteiger partial charge in [-0.1, -0.05) is 48.5 Å². The molecule has 136 valence electrons. The number of Topliss-reactive ketones (excluding diaryl/α,β-unsaturated/α-hetero) is 1. The Kier molecular flexibility index (Phi) is 4.83. The summed E-state index contributed by atoms with van der Waals surface area (Å²) in [5, 5.41) is 17.5. The molecule has 0 saturated heterocycles. The second kappa shape index (κ2) is 7.59. The van der Waals surface area contributed by atoms with Crippen LogP contribution in [0, 0.1) is 11.3 Å². The number of carbonyl (C=O) groups excluding carboxylic acids is 1. The van der Waals surface area contributed by atoms with E-state index in [9.17, 15) is 10.1 Å². The van der Waals surface area contributed by atoms with Gasteiger partial charge in [-0.2, -0.15) is 10.4 Å². The average molecular weight is 384 g/mol. The molecule has 3 aromatic rings. The smallest absolute Gasteiger partial charge is 0.222 e. The Morgan fingerprint density at radius 3 is 2.29 bits per heavy atom. The predicted octanol–water partition coefficient (Wildman–Crippen LogP) is 4.56. The van der Waals surface area contributed by atoms with Crippen molar-refractivity contribution in [2.45, 2.75) is 0 Å². The number of nitrogens with zero attached hydrogens (tertiary/aromatic N) is 4. The zero-order valence-corrected chi connectivity index (χ0v) is 15.9. The Labute approximate surface area is 167 Å². The number of ketones is 1. The molecule has 0 fully saturated rings. The average Bonchev–Trinajstić information content (AvgIpc) is 3.36. The summed E-state index contributed by atoms with van der Waals surface area (Å²) in [5.41, 5.74) is 2.27. The number of benzene rings is 2. The Morgan fingerprint density at radius 1 is 1.00 bits per heavy atom. The minimum Gasteiger partial charge on any atom is -0.348 e. The van der Waals surface area contributed by atoms with Crippen LogP contribution in [0.5, 0.6) is 0 Å². The molecule has 1 aromatic heterocycles. The maximum absolute atomic E-state index is 13.1. The molecule has 2 aromatic carbocycles. The molecular weight excluding hydrogens is 368 g/mol. The lowest BCUT2D eigenvalue weighted by atomic mass is 10.1. The molecule has 1 aliphatic rings. The predicted molar refractivity (Wildman–Crippen MR) is 112 cm³/mol. The quantitative estimate of drug-likeness (QED) is 0.376. The summed E-state index contributed by atoms with van der Waals surface area (Å²) in [5.74, 6) is -0.317. The molecule has 6 heteroatoms. The van der Waals surface area contributed by atoms with E-state index >= 15 is 0 Å². The third-order valence-electron chi connectivity index (χ3n) is 4.33. The van der Waals surface area contributed by atoms with Gasteiger partial charge in [0.2, 0.25) is 5.78 Å². The lowest BCUT2D eigenvalue weighted by molar-refractivity contribution is 0.103. The lowest BCUT2D eigenvalue weighted by Crippen LogP contribution is -2.16. The van der Waals surface area contributed by atoms with Crippen LogP contribution in [0.3, 0.4) is 0 Å². The van der Waals surface area contributed by atoms with E-state index in [1.54, 1.807) is 35.0 Å². The van der Waals surface area contributed by atoms with Gasteiger partial charge in [-0.15, -0.1) is 0 Å². The van der Waals surface area contributed by atoms with Gasteiger partial charge in [0.05, 0.1) is 11.4 Å². The zero-order chi connectivity index (χ0) is 19.5. The van der Waals surface area contributed by atoms with Gasteiger partial charge in [-0.05, 0) is 36.0 Å². The van der Waals surface area contributed by atoms with Crippen molar-refractivity contribution < 1.29 is 4.79 Å². The monoisotopic (exact) mass is 384 g/mol. The van der Waals surface area contributed by atoms with Crippen LogP contribution in [-0.4, -0.2) is 15.4 Å². The van der Waals surface area contributed by atoms with Gasteiger partial charge in [0.1, 0.15) is 21.7 Å². The van der Waals surface area contributed by atoms with Crippen LogP contribution >= 0.6 is 11.8 Å². The molecular formula is C22H16N4OS. The minimum atomic E-state index is -0.317. The van der Waals surface area contributed by atoms with Crippen molar-refractivity contribution in [3.05, 3.63) is 101 Å². The Balaban J connectivity index is 1.84. The summed E-state index contributed by atoms with van der Waals surface area (Å²) in [7, 11) is 1.79. The summed E-state index contributed by atoms with van der Waals surface area (Å²) < 4.78 is 1.71. The van der Waals surface area contributed by atoms with Crippen molar-refractivity contribution in [3.8, 4) is 6.07 Å². The molecule has 2 heterocycles. The van der Waals surface area contributed by atoms with E-state index in [-0.39, 0.29) is 11.4 Å². The van der Waals surface area contributed by atoms with Crippen LogP contribution in [0.4, 0.5) is 5.69 Å². The molecule has 0 radical (unpaired) electrons. The first-order chi connectivity index (χ1) is 13.7. The van der Waals surface area contributed by atoms with E-state index in [1.807, 2.05) is 60.7 Å². The number of carbonyl (C=O) groups is 1. The molecule has 0 amide bonds. The van der Waals surface area contributed by atoms with Crippen molar-refractivity contribution in [2.24, 2.45) is 12.1 Å². The molecule has 0 N–H and O–H groups in total.